The van der Waals surface area contributed by atoms with Crippen molar-refractivity contribution in [3.05, 3.63) is 35.4 Å². The van der Waals surface area contributed by atoms with Gasteiger partial charge in [-0.05, 0) is 25.3 Å². The molecule has 1 saturated carbocycles. The molecule has 0 unspecified atom stereocenters. The normalized spacial score (nSPS) is 17.9. The largest absolute Gasteiger partial charge is 0.479 e. The summed E-state index contributed by atoms with van der Waals surface area (Å²) >= 11 is 0. The molecular weight excluding hydrogens is 258 g/mol. The summed E-state index contributed by atoms with van der Waals surface area (Å²) in [7, 11) is 0. The molecule has 1 amide bonds. The molecule has 0 aliphatic heterocycles. The van der Waals surface area contributed by atoms with Crippen molar-refractivity contribution in [1.29, 1.82) is 0 Å². The van der Waals surface area contributed by atoms with Gasteiger partial charge in [-0.1, -0.05) is 36.2 Å². The zero-order chi connectivity index (χ0) is 14.8. The third-order valence-electron chi connectivity index (χ3n) is 3.95. The number of aryl methyl sites for hydroxylation is 1. The first kappa shape index (κ1) is 14.5. The van der Waals surface area contributed by atoms with Gasteiger partial charge in [0.05, 0.1) is 12.0 Å². The van der Waals surface area contributed by atoms with E-state index in [-0.39, 0.29) is 12.5 Å². The highest BCUT2D eigenvalue weighted by atomic mass is 16.4. The molecule has 1 aromatic rings. The first-order valence-electron chi connectivity index (χ1n) is 6.72. The molecule has 1 aliphatic carbocycles. The Kier molecular flexibility index (Phi) is 4.09. The first-order valence-corrected chi connectivity index (χ1v) is 6.72. The predicted molar refractivity (Wildman–Crippen MR) is 73.4 cm³/mol. The summed E-state index contributed by atoms with van der Waals surface area (Å²) in [6.07, 6.45) is 0.924. The fraction of sp³-hybridized carbons (Fsp3) is 0.467. The Labute approximate surface area is 117 Å². The molecule has 0 saturated heterocycles. The Morgan fingerprint density at radius 3 is 2.60 bits per heavy atom. The van der Waals surface area contributed by atoms with Gasteiger partial charge in [-0.25, -0.2) is 4.79 Å². The molecule has 0 radical (unpaired) electrons. The predicted octanol–water partition coefficient (Wildman–Crippen LogP) is 0.978. The standard InChI is InChI=1S/C15H19NO4/c1-10-4-2-5-11(8-10)15(6-3-7-15)14(20)16-9-12(17)13(18)19/h2,4-5,8,12,17H,3,6-7,9H2,1H3,(H,16,20)(H,18,19)/t12-/m0/s1. The summed E-state index contributed by atoms with van der Waals surface area (Å²) in [5, 5.41) is 20.4. The molecule has 1 aromatic carbocycles. The van der Waals surface area contributed by atoms with Crippen LogP contribution < -0.4 is 5.32 Å². The second-order valence-electron chi connectivity index (χ2n) is 5.37. The molecule has 3 N–H and O–H groups in total. The molecular formula is C15H19NO4. The van der Waals surface area contributed by atoms with Crippen molar-refractivity contribution in [2.24, 2.45) is 0 Å². The minimum Gasteiger partial charge on any atom is -0.479 e. The minimum absolute atomic E-state index is 0.199. The maximum atomic E-state index is 12.4. The van der Waals surface area contributed by atoms with E-state index in [0.29, 0.717) is 0 Å². The average molecular weight is 277 g/mol. The lowest BCUT2D eigenvalue weighted by molar-refractivity contribution is -0.146. The monoisotopic (exact) mass is 277 g/mol. The Bertz CT molecular complexity index is 522. The van der Waals surface area contributed by atoms with Crippen LogP contribution in [0.15, 0.2) is 24.3 Å². The number of aliphatic hydroxyl groups is 1. The quantitative estimate of drug-likeness (QED) is 0.748. The average Bonchev–Trinajstić information content (AvgIpc) is 2.34. The van der Waals surface area contributed by atoms with Crippen molar-refractivity contribution < 1.29 is 19.8 Å². The van der Waals surface area contributed by atoms with Gasteiger partial charge >= 0.3 is 5.97 Å². The number of nitrogens with one attached hydrogen (secondary N) is 1. The number of carbonyl (C=O) groups excluding carboxylic acids is 1. The third-order valence-corrected chi connectivity index (χ3v) is 3.95. The van der Waals surface area contributed by atoms with Crippen molar-refractivity contribution >= 4 is 11.9 Å². The van der Waals surface area contributed by atoms with Crippen LogP contribution in [0.1, 0.15) is 30.4 Å². The second kappa shape index (κ2) is 5.63. The number of amides is 1. The molecule has 0 spiro atoms. The molecule has 2 rings (SSSR count). The highest BCUT2D eigenvalue weighted by molar-refractivity contribution is 5.89. The SMILES string of the molecule is Cc1cccc(C2(C(=O)NC[C@H](O)C(=O)O)CCC2)c1. The molecule has 20 heavy (non-hydrogen) atoms. The highest BCUT2D eigenvalue weighted by Crippen LogP contribution is 2.44. The number of rotatable bonds is 5. The van der Waals surface area contributed by atoms with E-state index in [0.717, 1.165) is 30.4 Å². The van der Waals surface area contributed by atoms with Gasteiger partial charge in [0.1, 0.15) is 0 Å². The van der Waals surface area contributed by atoms with Gasteiger partial charge in [-0.15, -0.1) is 0 Å². The summed E-state index contributed by atoms with van der Waals surface area (Å²) in [5.41, 5.74) is 1.49. The van der Waals surface area contributed by atoms with Crippen LogP contribution in [0.4, 0.5) is 0 Å². The van der Waals surface area contributed by atoms with Crippen molar-refractivity contribution in [1.82, 2.24) is 5.32 Å². The number of benzene rings is 1. The molecule has 5 nitrogen and oxygen atoms in total. The Balaban J connectivity index is 2.11. The summed E-state index contributed by atoms with van der Waals surface area (Å²) < 4.78 is 0. The van der Waals surface area contributed by atoms with E-state index in [1.165, 1.54) is 0 Å². The Morgan fingerprint density at radius 1 is 1.40 bits per heavy atom. The number of carboxylic acids is 1. The molecule has 108 valence electrons. The van der Waals surface area contributed by atoms with Crippen molar-refractivity contribution in [3.8, 4) is 0 Å². The van der Waals surface area contributed by atoms with Gasteiger partial charge in [0.25, 0.3) is 0 Å². The lowest BCUT2D eigenvalue weighted by atomic mass is 9.63. The Morgan fingerprint density at radius 2 is 2.10 bits per heavy atom. The van der Waals surface area contributed by atoms with Gasteiger partial charge in [-0.2, -0.15) is 0 Å². The van der Waals surface area contributed by atoms with E-state index in [4.69, 9.17) is 5.11 Å². The van der Waals surface area contributed by atoms with Crippen LogP contribution in [0.2, 0.25) is 0 Å². The number of hydrogen-bond acceptors (Lipinski definition) is 3. The smallest absolute Gasteiger partial charge is 0.334 e. The van der Waals surface area contributed by atoms with Crippen LogP contribution in [0.25, 0.3) is 0 Å². The zero-order valence-electron chi connectivity index (χ0n) is 11.4. The van der Waals surface area contributed by atoms with Crippen LogP contribution >= 0.6 is 0 Å². The van der Waals surface area contributed by atoms with Crippen molar-refractivity contribution in [2.45, 2.75) is 37.7 Å². The topological polar surface area (TPSA) is 86.6 Å². The molecule has 0 bridgehead atoms. The van der Waals surface area contributed by atoms with Crippen LogP contribution in [0.5, 0.6) is 0 Å². The van der Waals surface area contributed by atoms with Gasteiger partial charge in [0.15, 0.2) is 6.10 Å². The minimum atomic E-state index is -1.56. The molecule has 0 heterocycles. The van der Waals surface area contributed by atoms with E-state index in [1.807, 2.05) is 31.2 Å². The van der Waals surface area contributed by atoms with Crippen LogP contribution in [0.3, 0.4) is 0 Å². The molecule has 0 aromatic heterocycles. The summed E-state index contributed by atoms with van der Waals surface area (Å²) in [6.45, 7) is 1.71. The summed E-state index contributed by atoms with van der Waals surface area (Å²) in [5.74, 6) is -1.53. The van der Waals surface area contributed by atoms with Crippen LogP contribution in [-0.2, 0) is 15.0 Å². The van der Waals surface area contributed by atoms with Crippen molar-refractivity contribution in [2.75, 3.05) is 6.54 Å². The van der Waals surface area contributed by atoms with Crippen molar-refractivity contribution in [3.63, 3.8) is 0 Å². The molecule has 1 fully saturated rings. The first-order chi connectivity index (χ1) is 9.45. The number of aliphatic carboxylic acids is 1. The fourth-order valence-electron chi connectivity index (χ4n) is 2.57. The molecule has 1 atom stereocenters. The Hall–Kier alpha value is -1.88. The summed E-state index contributed by atoms with van der Waals surface area (Å²) in [4.78, 5) is 22.9. The maximum absolute atomic E-state index is 12.4. The second-order valence-corrected chi connectivity index (χ2v) is 5.37. The van der Waals surface area contributed by atoms with Crippen LogP contribution in [0, 0.1) is 6.92 Å². The molecule has 1 aliphatic rings. The van der Waals surface area contributed by atoms with Gasteiger partial charge in [0, 0.05) is 0 Å². The summed E-state index contributed by atoms with van der Waals surface area (Å²) in [6, 6.07) is 7.82. The fourth-order valence-corrected chi connectivity index (χ4v) is 2.57. The van der Waals surface area contributed by atoms with Gasteiger partial charge < -0.3 is 15.5 Å². The van der Waals surface area contributed by atoms with E-state index >= 15 is 0 Å². The number of aliphatic hydroxyl groups excluding tert-OH is 1. The van der Waals surface area contributed by atoms with Crippen LogP contribution in [-0.4, -0.2) is 34.7 Å². The van der Waals surface area contributed by atoms with E-state index in [9.17, 15) is 14.7 Å². The number of hydrogen-bond donors (Lipinski definition) is 3. The third kappa shape index (κ3) is 2.67. The molecule has 5 heteroatoms. The van der Waals surface area contributed by atoms with E-state index < -0.39 is 17.5 Å². The van der Waals surface area contributed by atoms with Gasteiger partial charge in [-0.3, -0.25) is 4.79 Å². The highest BCUT2D eigenvalue weighted by Gasteiger charge is 2.45. The van der Waals surface area contributed by atoms with E-state index in [1.54, 1.807) is 0 Å². The maximum Gasteiger partial charge on any atom is 0.334 e. The number of carboxylic acid groups (broad SMARTS) is 1. The van der Waals surface area contributed by atoms with Gasteiger partial charge in [0.2, 0.25) is 5.91 Å². The zero-order valence-corrected chi connectivity index (χ0v) is 11.4. The lowest BCUT2D eigenvalue weighted by Gasteiger charge is -2.41. The van der Waals surface area contributed by atoms with E-state index in [2.05, 4.69) is 5.32 Å². The number of carbonyl (C=O) groups is 2. The lowest BCUT2D eigenvalue weighted by Crippen LogP contribution is -2.51.